The summed E-state index contributed by atoms with van der Waals surface area (Å²) in [5, 5.41) is 1.07. The van der Waals surface area contributed by atoms with E-state index in [1.165, 1.54) is 11.3 Å². The van der Waals surface area contributed by atoms with Crippen molar-refractivity contribution in [2.24, 2.45) is 5.73 Å². The number of nitrogens with two attached hydrogens (primary N) is 1. The van der Waals surface area contributed by atoms with Gasteiger partial charge < -0.3 is 20.1 Å². The lowest BCUT2D eigenvalue weighted by Crippen LogP contribution is -2.31. The van der Waals surface area contributed by atoms with E-state index in [0.29, 0.717) is 0 Å². The summed E-state index contributed by atoms with van der Waals surface area (Å²) in [4.78, 5) is 8.43. The Labute approximate surface area is 131 Å². The molecule has 0 aliphatic heterocycles. The van der Waals surface area contributed by atoms with Crippen LogP contribution in [0.1, 0.15) is 43.3 Å². The second-order valence-corrected chi connectivity index (χ2v) is 6.25. The normalized spacial score (nSPS) is 17.8. The quantitative estimate of drug-likeness (QED) is 0.709. The highest BCUT2D eigenvalue weighted by Gasteiger charge is 2.23. The number of ether oxygens (including phenoxy) is 2. The molecule has 1 unspecified atom stereocenters. The predicted octanol–water partition coefficient (Wildman–Crippen LogP) is 2.36. The first kappa shape index (κ1) is 16.7. The van der Waals surface area contributed by atoms with Crippen LogP contribution >= 0.6 is 11.3 Å². The fourth-order valence-corrected chi connectivity index (χ4v) is 3.74. The second-order valence-electron chi connectivity index (χ2n) is 5.18. The summed E-state index contributed by atoms with van der Waals surface area (Å²) in [7, 11) is 0. The Kier molecular flexibility index (Phi) is 6.89. The number of aromatic nitrogens is 1. The summed E-state index contributed by atoms with van der Waals surface area (Å²) in [6.07, 6.45) is 3.34. The first-order valence-electron chi connectivity index (χ1n) is 7.91. The van der Waals surface area contributed by atoms with Gasteiger partial charge >= 0.3 is 0 Å². The van der Waals surface area contributed by atoms with Gasteiger partial charge in [-0.25, -0.2) is 4.98 Å². The molecular formula is C15H27N3O2S. The van der Waals surface area contributed by atoms with Gasteiger partial charge in [0.25, 0.3) is 0 Å². The Morgan fingerprint density at radius 2 is 1.90 bits per heavy atom. The van der Waals surface area contributed by atoms with E-state index >= 15 is 0 Å². The summed E-state index contributed by atoms with van der Waals surface area (Å²) in [6, 6.07) is 0.111. The molecule has 0 fully saturated rings. The molecule has 2 N–H and O–H groups in total. The van der Waals surface area contributed by atoms with E-state index in [1.807, 2.05) is 13.8 Å². The van der Waals surface area contributed by atoms with Gasteiger partial charge in [-0.15, -0.1) is 11.3 Å². The third-order valence-corrected chi connectivity index (χ3v) is 4.87. The molecule has 21 heavy (non-hydrogen) atoms. The van der Waals surface area contributed by atoms with Crippen LogP contribution in [0.4, 0.5) is 5.13 Å². The summed E-state index contributed by atoms with van der Waals surface area (Å²) in [5.74, 6) is 0. The Morgan fingerprint density at radius 3 is 2.48 bits per heavy atom. The standard InChI is InChI=1S/C15H27N3O2S/c1-3-19-10-8-18(9-11-20-4-2)15-17-14-12(16)6-5-7-13(14)21-15/h12H,3-11,16H2,1-2H3. The molecule has 0 saturated carbocycles. The molecule has 0 bridgehead atoms. The van der Waals surface area contributed by atoms with Gasteiger partial charge in [0, 0.05) is 37.2 Å². The summed E-state index contributed by atoms with van der Waals surface area (Å²) in [6.45, 7) is 8.68. The molecule has 1 aromatic rings. The van der Waals surface area contributed by atoms with Gasteiger partial charge in [-0.05, 0) is 33.1 Å². The molecule has 0 aromatic carbocycles. The first-order valence-corrected chi connectivity index (χ1v) is 8.73. The Bertz CT molecular complexity index is 415. The highest BCUT2D eigenvalue weighted by molar-refractivity contribution is 7.15. The number of aryl methyl sites for hydroxylation is 1. The maximum atomic E-state index is 6.18. The molecule has 2 rings (SSSR count). The van der Waals surface area contributed by atoms with Crippen LogP contribution in [0.2, 0.25) is 0 Å². The van der Waals surface area contributed by atoms with E-state index in [2.05, 4.69) is 4.90 Å². The Hall–Kier alpha value is -0.690. The number of thiazole rings is 1. The number of hydrogen-bond donors (Lipinski definition) is 1. The van der Waals surface area contributed by atoms with Crippen LogP contribution in [0.15, 0.2) is 0 Å². The number of hydrogen-bond acceptors (Lipinski definition) is 6. The van der Waals surface area contributed by atoms with Gasteiger partial charge in [-0.3, -0.25) is 0 Å². The number of rotatable bonds is 9. The third kappa shape index (κ3) is 4.64. The smallest absolute Gasteiger partial charge is 0.185 e. The molecule has 1 aromatic heterocycles. The molecule has 5 nitrogen and oxygen atoms in total. The fourth-order valence-electron chi connectivity index (χ4n) is 2.52. The Morgan fingerprint density at radius 1 is 1.24 bits per heavy atom. The monoisotopic (exact) mass is 313 g/mol. The minimum absolute atomic E-state index is 0.111. The molecule has 0 amide bonds. The van der Waals surface area contributed by atoms with Crippen molar-refractivity contribution in [2.75, 3.05) is 44.4 Å². The molecule has 0 saturated heterocycles. The molecule has 0 spiro atoms. The third-order valence-electron chi connectivity index (χ3n) is 3.68. The van der Waals surface area contributed by atoms with Crippen molar-refractivity contribution >= 4 is 16.5 Å². The SMILES string of the molecule is CCOCCN(CCOCC)c1nc2c(s1)CCCC2N. The van der Waals surface area contributed by atoms with Gasteiger partial charge in [0.05, 0.1) is 18.9 Å². The zero-order chi connectivity index (χ0) is 15.1. The van der Waals surface area contributed by atoms with Crippen LogP contribution in [0.3, 0.4) is 0 Å². The van der Waals surface area contributed by atoms with Gasteiger partial charge in [-0.2, -0.15) is 0 Å². The molecule has 1 aliphatic carbocycles. The molecular weight excluding hydrogens is 286 g/mol. The summed E-state index contributed by atoms with van der Waals surface area (Å²) < 4.78 is 11.0. The molecule has 1 aliphatic rings. The van der Waals surface area contributed by atoms with Crippen molar-refractivity contribution in [3.05, 3.63) is 10.6 Å². The number of nitrogens with zero attached hydrogens (tertiary/aromatic N) is 2. The number of fused-ring (bicyclic) bond motifs is 1. The van der Waals surface area contributed by atoms with Crippen molar-refractivity contribution < 1.29 is 9.47 Å². The molecule has 1 atom stereocenters. The number of anilines is 1. The maximum Gasteiger partial charge on any atom is 0.185 e. The zero-order valence-electron chi connectivity index (χ0n) is 13.1. The largest absolute Gasteiger partial charge is 0.380 e. The van der Waals surface area contributed by atoms with Gasteiger partial charge in [0.1, 0.15) is 0 Å². The van der Waals surface area contributed by atoms with Crippen molar-refractivity contribution in [1.82, 2.24) is 4.98 Å². The lowest BCUT2D eigenvalue weighted by molar-refractivity contribution is 0.141. The highest BCUT2D eigenvalue weighted by atomic mass is 32.1. The van der Waals surface area contributed by atoms with Crippen molar-refractivity contribution in [1.29, 1.82) is 0 Å². The minimum Gasteiger partial charge on any atom is -0.380 e. The molecule has 6 heteroatoms. The maximum absolute atomic E-state index is 6.18. The highest BCUT2D eigenvalue weighted by Crippen LogP contribution is 2.35. The van der Waals surface area contributed by atoms with Crippen LogP contribution in [-0.4, -0.2) is 44.5 Å². The molecule has 120 valence electrons. The van der Waals surface area contributed by atoms with Gasteiger partial charge in [0.15, 0.2) is 5.13 Å². The van der Waals surface area contributed by atoms with Crippen LogP contribution in [0.5, 0.6) is 0 Å². The summed E-state index contributed by atoms with van der Waals surface area (Å²) in [5.41, 5.74) is 7.29. The average molecular weight is 313 g/mol. The lowest BCUT2D eigenvalue weighted by atomic mass is 9.99. The molecule has 1 heterocycles. The Balaban J connectivity index is 2.03. The van der Waals surface area contributed by atoms with E-state index in [9.17, 15) is 0 Å². The van der Waals surface area contributed by atoms with E-state index in [0.717, 1.165) is 63.2 Å². The van der Waals surface area contributed by atoms with E-state index in [-0.39, 0.29) is 6.04 Å². The predicted molar refractivity (Wildman–Crippen MR) is 87.2 cm³/mol. The van der Waals surface area contributed by atoms with Crippen LogP contribution in [0.25, 0.3) is 0 Å². The molecule has 0 radical (unpaired) electrons. The zero-order valence-corrected chi connectivity index (χ0v) is 14.0. The lowest BCUT2D eigenvalue weighted by Gasteiger charge is -2.21. The van der Waals surface area contributed by atoms with Gasteiger partial charge in [-0.1, -0.05) is 0 Å². The second kappa shape index (κ2) is 8.68. The average Bonchev–Trinajstić information content (AvgIpc) is 2.91. The van der Waals surface area contributed by atoms with Gasteiger partial charge in [0.2, 0.25) is 0 Å². The minimum atomic E-state index is 0.111. The van der Waals surface area contributed by atoms with E-state index in [1.54, 1.807) is 11.3 Å². The van der Waals surface area contributed by atoms with E-state index in [4.69, 9.17) is 20.2 Å². The van der Waals surface area contributed by atoms with Crippen molar-refractivity contribution in [2.45, 2.75) is 39.2 Å². The fraction of sp³-hybridized carbons (Fsp3) is 0.800. The van der Waals surface area contributed by atoms with E-state index < -0.39 is 0 Å². The summed E-state index contributed by atoms with van der Waals surface area (Å²) >= 11 is 1.79. The van der Waals surface area contributed by atoms with Crippen LogP contribution < -0.4 is 10.6 Å². The van der Waals surface area contributed by atoms with Crippen molar-refractivity contribution in [3.63, 3.8) is 0 Å². The van der Waals surface area contributed by atoms with Crippen LogP contribution in [-0.2, 0) is 15.9 Å². The van der Waals surface area contributed by atoms with Crippen LogP contribution in [0, 0.1) is 0 Å². The topological polar surface area (TPSA) is 60.6 Å². The first-order chi connectivity index (χ1) is 10.3. The van der Waals surface area contributed by atoms with Crippen molar-refractivity contribution in [3.8, 4) is 0 Å².